The van der Waals surface area contributed by atoms with E-state index in [0.29, 0.717) is 17.3 Å². The molecule has 6 N–H and O–H groups in total. The van der Waals surface area contributed by atoms with Crippen molar-refractivity contribution in [3.8, 4) is 0 Å². The van der Waals surface area contributed by atoms with Gasteiger partial charge in [-0.15, -0.1) is 0 Å². The summed E-state index contributed by atoms with van der Waals surface area (Å²) in [6, 6.07) is 4.13. The molecule has 2 unspecified atom stereocenters. The number of nitrogens with one attached hydrogen (secondary N) is 3. The summed E-state index contributed by atoms with van der Waals surface area (Å²) in [5.41, 5.74) is 0.403. The predicted octanol–water partition coefficient (Wildman–Crippen LogP) is -1.39. The number of carbonyl (C=O) groups excluding carboxylic acids is 5. The molecule has 33 heavy (non-hydrogen) atoms. The summed E-state index contributed by atoms with van der Waals surface area (Å²) in [4.78, 5) is 59.7. The standard InChI is InChI=1S/C19H25N3O8S.C2H6/c1-11(26)13(7-23)21-18(29)15(9-25)22-17(28)14(8-24)20-16(27)10-31-19(30)12-5-3-2-4-6-12;1-2/h2-6,13-15,23-25H,7-10H2,1H3,(H,20,27)(H,21,29)(H,22,28);1-2H3/t13?,14?,15-;/m1./s1. The zero-order valence-corrected chi connectivity index (χ0v) is 19.6. The summed E-state index contributed by atoms with van der Waals surface area (Å²) in [5, 5.41) is 34.0. The zero-order valence-electron chi connectivity index (χ0n) is 18.7. The second kappa shape index (κ2) is 16.8. The molecule has 12 heteroatoms. The van der Waals surface area contributed by atoms with Gasteiger partial charge in [0.1, 0.15) is 18.1 Å². The van der Waals surface area contributed by atoms with Gasteiger partial charge in [-0.3, -0.25) is 24.0 Å². The molecule has 0 spiro atoms. The number of rotatable bonds is 12. The molecule has 1 aromatic rings. The second-order valence-corrected chi connectivity index (χ2v) is 7.29. The third-order valence-corrected chi connectivity index (χ3v) is 4.89. The summed E-state index contributed by atoms with van der Waals surface area (Å²) >= 11 is 0.713. The van der Waals surface area contributed by atoms with Crippen LogP contribution in [0.3, 0.4) is 0 Å². The summed E-state index contributed by atoms with van der Waals surface area (Å²) in [7, 11) is 0. The molecule has 0 aromatic heterocycles. The molecule has 3 atom stereocenters. The Morgan fingerprint density at radius 3 is 1.70 bits per heavy atom. The smallest absolute Gasteiger partial charge is 0.245 e. The molecule has 184 valence electrons. The molecule has 3 amide bonds. The van der Waals surface area contributed by atoms with E-state index in [4.69, 9.17) is 5.11 Å². The second-order valence-electron chi connectivity index (χ2n) is 6.34. The number of hydrogen-bond acceptors (Lipinski definition) is 9. The Morgan fingerprint density at radius 2 is 1.24 bits per heavy atom. The van der Waals surface area contributed by atoms with Gasteiger partial charge in [-0.1, -0.05) is 55.9 Å². The molecule has 0 aliphatic carbocycles. The van der Waals surface area contributed by atoms with Gasteiger partial charge in [-0.05, 0) is 6.92 Å². The Labute approximate surface area is 196 Å². The van der Waals surface area contributed by atoms with E-state index in [-0.39, 0.29) is 10.9 Å². The average Bonchev–Trinajstić information content (AvgIpc) is 2.83. The maximum Gasteiger partial charge on any atom is 0.245 e. The van der Waals surface area contributed by atoms with Crippen LogP contribution < -0.4 is 16.0 Å². The zero-order chi connectivity index (χ0) is 25.4. The SMILES string of the molecule is CC.CC(=O)C(CO)NC(=O)[C@@H](CO)NC(=O)C(CO)NC(=O)CSC(=O)c1ccccc1. The van der Waals surface area contributed by atoms with E-state index in [1.807, 2.05) is 13.8 Å². The number of carbonyl (C=O) groups is 5. The van der Waals surface area contributed by atoms with Crippen LogP contribution in [0, 0.1) is 0 Å². The number of ketones is 1. The van der Waals surface area contributed by atoms with Crippen molar-refractivity contribution in [2.24, 2.45) is 0 Å². The summed E-state index contributed by atoms with van der Waals surface area (Å²) in [6.07, 6.45) is 0. The average molecular weight is 486 g/mol. The Morgan fingerprint density at radius 1 is 0.788 bits per heavy atom. The first-order valence-electron chi connectivity index (χ1n) is 10.2. The number of thioether (sulfide) groups is 1. The minimum absolute atomic E-state index is 0.307. The van der Waals surface area contributed by atoms with Gasteiger partial charge in [0, 0.05) is 5.56 Å². The molecule has 1 rings (SSSR count). The first kappa shape index (κ1) is 30.2. The molecule has 0 saturated heterocycles. The number of aliphatic hydroxyl groups excluding tert-OH is 3. The maximum atomic E-state index is 12.3. The van der Waals surface area contributed by atoms with Crippen LogP contribution in [0.5, 0.6) is 0 Å². The Hall–Kier alpha value is -2.80. The van der Waals surface area contributed by atoms with Crippen molar-refractivity contribution in [1.29, 1.82) is 0 Å². The first-order valence-corrected chi connectivity index (χ1v) is 11.2. The lowest BCUT2D eigenvalue weighted by Gasteiger charge is -2.22. The normalized spacial score (nSPS) is 12.8. The van der Waals surface area contributed by atoms with Gasteiger partial charge in [0.05, 0.1) is 25.6 Å². The van der Waals surface area contributed by atoms with Crippen LogP contribution in [0.25, 0.3) is 0 Å². The van der Waals surface area contributed by atoms with Crippen LogP contribution in [0.2, 0.25) is 0 Å². The van der Waals surface area contributed by atoms with E-state index >= 15 is 0 Å². The van der Waals surface area contributed by atoms with Gasteiger partial charge in [-0.2, -0.15) is 0 Å². The monoisotopic (exact) mass is 485 g/mol. The fraction of sp³-hybridized carbons (Fsp3) is 0.476. The van der Waals surface area contributed by atoms with E-state index in [9.17, 15) is 34.2 Å². The van der Waals surface area contributed by atoms with Crippen LogP contribution >= 0.6 is 11.8 Å². The first-order chi connectivity index (χ1) is 15.7. The topological polar surface area (TPSA) is 182 Å². The van der Waals surface area contributed by atoms with Gasteiger partial charge in [0.2, 0.25) is 22.8 Å². The van der Waals surface area contributed by atoms with E-state index in [0.717, 1.165) is 6.92 Å². The highest BCUT2D eigenvalue weighted by Gasteiger charge is 2.28. The molecule has 0 heterocycles. The molecule has 0 aliphatic rings. The summed E-state index contributed by atoms with van der Waals surface area (Å²) in [6.45, 7) is 2.84. The van der Waals surface area contributed by atoms with Gasteiger partial charge < -0.3 is 31.3 Å². The molecule has 0 saturated carbocycles. The van der Waals surface area contributed by atoms with Crippen LogP contribution in [0.15, 0.2) is 30.3 Å². The van der Waals surface area contributed by atoms with Crippen LogP contribution in [0.4, 0.5) is 0 Å². The highest BCUT2D eigenvalue weighted by molar-refractivity contribution is 8.14. The van der Waals surface area contributed by atoms with Gasteiger partial charge in [0.25, 0.3) is 0 Å². The van der Waals surface area contributed by atoms with E-state index < -0.39 is 61.5 Å². The molecule has 0 radical (unpaired) electrons. The van der Waals surface area contributed by atoms with E-state index in [1.54, 1.807) is 30.3 Å². The van der Waals surface area contributed by atoms with Crippen molar-refractivity contribution in [1.82, 2.24) is 16.0 Å². The lowest BCUT2D eigenvalue weighted by molar-refractivity contribution is -0.134. The van der Waals surface area contributed by atoms with Crippen molar-refractivity contribution in [3.63, 3.8) is 0 Å². The number of aliphatic hydroxyl groups is 3. The number of amides is 3. The highest BCUT2D eigenvalue weighted by atomic mass is 32.2. The Bertz CT molecular complexity index is 791. The van der Waals surface area contributed by atoms with Crippen LogP contribution in [-0.4, -0.2) is 87.6 Å². The fourth-order valence-electron chi connectivity index (χ4n) is 2.23. The lowest BCUT2D eigenvalue weighted by atomic mass is 10.2. The highest BCUT2D eigenvalue weighted by Crippen LogP contribution is 2.11. The molecule has 0 fully saturated rings. The van der Waals surface area contributed by atoms with Gasteiger partial charge >= 0.3 is 0 Å². The van der Waals surface area contributed by atoms with Crippen molar-refractivity contribution < 1.29 is 39.3 Å². The maximum absolute atomic E-state index is 12.3. The Balaban J connectivity index is 0.00000497. The van der Waals surface area contributed by atoms with Crippen LogP contribution in [-0.2, 0) is 19.2 Å². The number of benzene rings is 1. The molecule has 0 bridgehead atoms. The lowest BCUT2D eigenvalue weighted by Crippen LogP contribution is -2.58. The van der Waals surface area contributed by atoms with Crippen molar-refractivity contribution in [2.75, 3.05) is 25.6 Å². The third-order valence-electron chi connectivity index (χ3n) is 3.98. The fourth-order valence-corrected chi connectivity index (χ4v) is 2.88. The van der Waals surface area contributed by atoms with Gasteiger partial charge in [0.15, 0.2) is 5.78 Å². The quantitative estimate of drug-likeness (QED) is 0.207. The number of hydrogen-bond donors (Lipinski definition) is 6. The molecular weight excluding hydrogens is 454 g/mol. The predicted molar refractivity (Wildman–Crippen MR) is 122 cm³/mol. The van der Waals surface area contributed by atoms with Crippen molar-refractivity contribution in [2.45, 2.75) is 38.9 Å². The largest absolute Gasteiger partial charge is 0.394 e. The molecule has 1 aromatic carbocycles. The van der Waals surface area contributed by atoms with Crippen molar-refractivity contribution in [3.05, 3.63) is 35.9 Å². The minimum atomic E-state index is -1.49. The summed E-state index contributed by atoms with van der Waals surface area (Å²) in [5.74, 6) is -3.43. The summed E-state index contributed by atoms with van der Waals surface area (Å²) < 4.78 is 0. The van der Waals surface area contributed by atoms with Crippen LogP contribution in [0.1, 0.15) is 31.1 Å². The minimum Gasteiger partial charge on any atom is -0.394 e. The van der Waals surface area contributed by atoms with E-state index in [2.05, 4.69) is 16.0 Å². The molecule has 0 aliphatic heterocycles. The number of Topliss-reactive ketones (excluding diaryl/α,β-unsaturated/α-hetero) is 1. The van der Waals surface area contributed by atoms with Crippen molar-refractivity contribution >= 4 is 40.4 Å². The molecular formula is C21H31N3O8S. The van der Waals surface area contributed by atoms with Gasteiger partial charge in [-0.25, -0.2) is 0 Å². The molecule has 11 nitrogen and oxygen atoms in total. The van der Waals surface area contributed by atoms with E-state index in [1.165, 1.54) is 0 Å². The third kappa shape index (κ3) is 11.1. The Kier molecular flexibility index (Phi) is 15.4.